The van der Waals surface area contributed by atoms with E-state index in [-0.39, 0.29) is 24.3 Å². The van der Waals surface area contributed by atoms with Crippen molar-refractivity contribution in [2.24, 2.45) is 0 Å². The van der Waals surface area contributed by atoms with Gasteiger partial charge in [-0.2, -0.15) is 0 Å². The molecule has 2 aromatic carbocycles. The van der Waals surface area contributed by atoms with Gasteiger partial charge in [-0.1, -0.05) is 18.2 Å². The Hall–Kier alpha value is -3.67. The Kier molecular flexibility index (Phi) is 6.96. The van der Waals surface area contributed by atoms with Gasteiger partial charge >= 0.3 is 5.97 Å². The van der Waals surface area contributed by atoms with Crippen LogP contribution >= 0.6 is 0 Å². The molecule has 2 aliphatic rings. The lowest BCUT2D eigenvalue weighted by atomic mass is 10.0. The second kappa shape index (κ2) is 10.1. The van der Waals surface area contributed by atoms with Gasteiger partial charge in [0.15, 0.2) is 0 Å². The molecule has 34 heavy (non-hydrogen) atoms. The Morgan fingerprint density at radius 3 is 2.00 bits per heavy atom. The van der Waals surface area contributed by atoms with Crippen LogP contribution in [0.15, 0.2) is 72.6 Å². The molecule has 6 heteroatoms. The molecular weight excluding hydrogens is 428 g/mol. The smallest absolute Gasteiger partial charge is 0.356 e. The Morgan fingerprint density at radius 1 is 0.912 bits per heavy atom. The fourth-order valence-electron chi connectivity index (χ4n) is 4.01. The maximum atomic E-state index is 12.8. The zero-order valence-electron chi connectivity index (χ0n) is 20.4. The second-order valence-corrected chi connectivity index (χ2v) is 8.77. The van der Waals surface area contributed by atoms with Crippen LogP contribution in [-0.4, -0.2) is 35.8 Å². The lowest BCUT2D eigenvalue weighted by Gasteiger charge is -2.28. The third-order valence-electron chi connectivity index (χ3n) is 5.36. The topological polar surface area (TPSA) is 60.0 Å². The molecule has 4 rings (SSSR count). The predicted molar refractivity (Wildman–Crippen MR) is 134 cm³/mol. The van der Waals surface area contributed by atoms with E-state index in [0.29, 0.717) is 12.3 Å². The number of fused-ring (bicyclic) bond motifs is 1. The molecule has 178 valence electrons. The van der Waals surface area contributed by atoms with Crippen molar-refractivity contribution in [2.45, 2.75) is 53.0 Å². The third-order valence-corrected chi connectivity index (χ3v) is 5.36. The first-order valence-corrected chi connectivity index (χ1v) is 11.8. The lowest BCUT2D eigenvalue weighted by molar-refractivity contribution is -0.138. The summed E-state index contributed by atoms with van der Waals surface area (Å²) in [7, 11) is 0. The maximum absolute atomic E-state index is 12.8. The summed E-state index contributed by atoms with van der Waals surface area (Å²) in [5.74, 6) is 1.26. The minimum Gasteiger partial charge on any atom is -0.491 e. The SMILES string of the molecule is CCOC(=O)C1=C(c2ccc(OC(C)C)cc2)N2C=C(c3ccc(OC(C)C)cc3)C=CC2N1. The van der Waals surface area contributed by atoms with Gasteiger partial charge in [-0.05, 0) is 88.2 Å². The van der Waals surface area contributed by atoms with Gasteiger partial charge in [-0.3, -0.25) is 0 Å². The van der Waals surface area contributed by atoms with Crippen molar-refractivity contribution < 1.29 is 19.0 Å². The van der Waals surface area contributed by atoms with Crippen molar-refractivity contribution in [1.82, 2.24) is 10.2 Å². The summed E-state index contributed by atoms with van der Waals surface area (Å²) in [5, 5.41) is 3.32. The van der Waals surface area contributed by atoms with Crippen LogP contribution in [0.1, 0.15) is 45.7 Å². The molecule has 0 aliphatic carbocycles. The number of hydrogen-bond donors (Lipinski definition) is 1. The Morgan fingerprint density at radius 2 is 1.47 bits per heavy atom. The van der Waals surface area contributed by atoms with Crippen molar-refractivity contribution >= 4 is 17.2 Å². The summed E-state index contributed by atoms with van der Waals surface area (Å²) in [4.78, 5) is 14.9. The van der Waals surface area contributed by atoms with E-state index in [1.165, 1.54) is 0 Å². The largest absolute Gasteiger partial charge is 0.491 e. The molecule has 0 aromatic heterocycles. The second-order valence-electron chi connectivity index (χ2n) is 8.77. The number of esters is 1. The summed E-state index contributed by atoms with van der Waals surface area (Å²) >= 11 is 0. The van der Waals surface area contributed by atoms with Gasteiger partial charge in [-0.15, -0.1) is 0 Å². The highest BCUT2D eigenvalue weighted by Crippen LogP contribution is 2.36. The van der Waals surface area contributed by atoms with Gasteiger partial charge in [0.25, 0.3) is 0 Å². The molecule has 2 heterocycles. The highest BCUT2D eigenvalue weighted by atomic mass is 16.5. The summed E-state index contributed by atoms with van der Waals surface area (Å²) in [6.45, 7) is 10.1. The van der Waals surface area contributed by atoms with Gasteiger partial charge in [0, 0.05) is 11.8 Å². The molecule has 0 saturated heterocycles. The average Bonchev–Trinajstić information content (AvgIpc) is 3.18. The number of carbonyl (C=O) groups excluding carboxylic acids is 1. The van der Waals surface area contributed by atoms with E-state index in [1.54, 1.807) is 0 Å². The fraction of sp³-hybridized carbons (Fsp3) is 0.321. The summed E-state index contributed by atoms with van der Waals surface area (Å²) in [6, 6.07) is 15.9. The third kappa shape index (κ3) is 5.11. The minimum absolute atomic E-state index is 0.0905. The molecule has 0 amide bonds. The van der Waals surface area contributed by atoms with Crippen molar-refractivity contribution in [3.63, 3.8) is 0 Å². The number of allylic oxidation sites excluding steroid dienone is 2. The molecule has 6 nitrogen and oxygen atoms in total. The lowest BCUT2D eigenvalue weighted by Crippen LogP contribution is -2.34. The number of nitrogens with zero attached hydrogens (tertiary/aromatic N) is 1. The zero-order chi connectivity index (χ0) is 24.2. The van der Waals surface area contributed by atoms with E-state index in [1.807, 2.05) is 83.1 Å². The number of nitrogens with one attached hydrogen (secondary N) is 1. The number of rotatable bonds is 8. The van der Waals surface area contributed by atoms with Crippen LogP contribution in [0.4, 0.5) is 0 Å². The molecule has 1 unspecified atom stereocenters. The van der Waals surface area contributed by atoms with Gasteiger partial charge < -0.3 is 24.4 Å². The van der Waals surface area contributed by atoms with Crippen LogP contribution in [0.3, 0.4) is 0 Å². The molecule has 0 radical (unpaired) electrons. The molecule has 0 saturated carbocycles. The number of ether oxygens (including phenoxy) is 3. The highest BCUT2D eigenvalue weighted by Gasteiger charge is 2.35. The van der Waals surface area contributed by atoms with Crippen LogP contribution in [0.25, 0.3) is 11.3 Å². The molecule has 1 atom stereocenters. The minimum atomic E-state index is -0.368. The van der Waals surface area contributed by atoms with Crippen LogP contribution in [0.5, 0.6) is 11.5 Å². The number of carbonyl (C=O) groups is 1. The maximum Gasteiger partial charge on any atom is 0.356 e. The van der Waals surface area contributed by atoms with E-state index in [4.69, 9.17) is 14.2 Å². The van der Waals surface area contributed by atoms with Crippen LogP contribution < -0.4 is 14.8 Å². The van der Waals surface area contributed by atoms with E-state index in [2.05, 4.69) is 28.6 Å². The highest BCUT2D eigenvalue weighted by molar-refractivity contribution is 5.99. The molecule has 0 spiro atoms. The first-order valence-electron chi connectivity index (χ1n) is 11.8. The summed E-state index contributed by atoms with van der Waals surface area (Å²) < 4.78 is 16.9. The van der Waals surface area contributed by atoms with E-state index in [9.17, 15) is 4.79 Å². The van der Waals surface area contributed by atoms with Gasteiger partial charge in [-0.25, -0.2) is 4.79 Å². The monoisotopic (exact) mass is 460 g/mol. The normalized spacial score (nSPS) is 17.0. The molecule has 0 bridgehead atoms. The van der Waals surface area contributed by atoms with E-state index in [0.717, 1.165) is 33.9 Å². The van der Waals surface area contributed by atoms with Gasteiger partial charge in [0.05, 0.1) is 24.5 Å². The Balaban J connectivity index is 1.68. The molecule has 1 N–H and O–H groups in total. The standard InChI is InChI=1S/C28H32N2O4/c1-6-32-28(31)26-27(21-9-14-24(15-10-21)34-19(4)5)30-17-22(11-16-25(30)29-26)20-7-12-23(13-8-20)33-18(2)3/h7-19,25,29H,6H2,1-5H3. The summed E-state index contributed by atoms with van der Waals surface area (Å²) in [5.41, 5.74) is 4.24. The molecule has 0 fully saturated rings. The number of benzene rings is 2. The van der Waals surface area contributed by atoms with Crippen molar-refractivity contribution in [3.05, 3.63) is 83.7 Å². The van der Waals surface area contributed by atoms with Crippen molar-refractivity contribution in [3.8, 4) is 11.5 Å². The van der Waals surface area contributed by atoms with Crippen molar-refractivity contribution in [1.29, 1.82) is 0 Å². The van der Waals surface area contributed by atoms with Gasteiger partial charge in [0.2, 0.25) is 0 Å². The van der Waals surface area contributed by atoms with Crippen LogP contribution in [0.2, 0.25) is 0 Å². The zero-order valence-corrected chi connectivity index (χ0v) is 20.4. The molecular formula is C28H32N2O4. The van der Waals surface area contributed by atoms with Crippen molar-refractivity contribution in [2.75, 3.05) is 6.61 Å². The Labute approximate surface area is 201 Å². The van der Waals surface area contributed by atoms with Crippen LogP contribution in [-0.2, 0) is 9.53 Å². The predicted octanol–water partition coefficient (Wildman–Crippen LogP) is 5.33. The molecule has 2 aliphatic heterocycles. The van der Waals surface area contributed by atoms with E-state index < -0.39 is 0 Å². The van der Waals surface area contributed by atoms with E-state index >= 15 is 0 Å². The quantitative estimate of drug-likeness (QED) is 0.537. The fourth-order valence-corrected chi connectivity index (χ4v) is 4.01. The Bertz CT molecular complexity index is 1110. The first kappa shape index (κ1) is 23.5. The molecule has 2 aromatic rings. The first-order chi connectivity index (χ1) is 16.4. The van der Waals surface area contributed by atoms with Gasteiger partial charge in [0.1, 0.15) is 23.4 Å². The average molecular weight is 461 g/mol. The van der Waals surface area contributed by atoms with Crippen LogP contribution in [0, 0.1) is 0 Å². The number of hydrogen-bond acceptors (Lipinski definition) is 6. The summed E-state index contributed by atoms with van der Waals surface area (Å²) in [6.07, 6.45) is 6.23.